The predicted octanol–water partition coefficient (Wildman–Crippen LogP) is 0.849. The number of carbonyl (C=O) groups is 2. The maximum Gasteiger partial charge on any atom is 0.241 e. The van der Waals surface area contributed by atoms with Crippen molar-refractivity contribution in [3.05, 3.63) is 29.8 Å². The summed E-state index contributed by atoms with van der Waals surface area (Å²) in [5.74, 6) is -0.797. The van der Waals surface area contributed by atoms with Gasteiger partial charge in [-0.05, 0) is 24.3 Å². The average molecular weight is 220 g/mol. The van der Waals surface area contributed by atoms with Crippen LogP contribution in [-0.4, -0.2) is 16.9 Å². The fraction of sp³-hybridized carbons (Fsp3) is 0.0909. The molecular formula is C11H12N2O3. The van der Waals surface area contributed by atoms with E-state index in [1.807, 2.05) is 0 Å². The molecule has 0 saturated carbocycles. The van der Waals surface area contributed by atoms with E-state index in [1.165, 1.54) is 31.2 Å². The number of amides is 2. The zero-order valence-corrected chi connectivity index (χ0v) is 8.73. The van der Waals surface area contributed by atoms with Crippen molar-refractivity contribution in [1.82, 2.24) is 0 Å². The predicted molar refractivity (Wildman–Crippen MR) is 60.6 cm³/mol. The van der Waals surface area contributed by atoms with E-state index >= 15 is 0 Å². The first kappa shape index (κ1) is 11.8. The van der Waals surface area contributed by atoms with Gasteiger partial charge in [-0.3, -0.25) is 9.59 Å². The molecule has 0 bridgehead atoms. The Kier molecular flexibility index (Phi) is 3.66. The fourth-order valence-corrected chi connectivity index (χ4v) is 1.16. The van der Waals surface area contributed by atoms with Crippen LogP contribution < -0.4 is 11.1 Å². The maximum atomic E-state index is 10.9. The fourth-order valence-electron chi connectivity index (χ4n) is 1.16. The van der Waals surface area contributed by atoms with E-state index in [1.54, 1.807) is 0 Å². The van der Waals surface area contributed by atoms with Crippen LogP contribution in [0.15, 0.2) is 24.3 Å². The largest absolute Gasteiger partial charge is 0.508 e. The van der Waals surface area contributed by atoms with Gasteiger partial charge in [0, 0.05) is 24.3 Å². The molecule has 5 nitrogen and oxygen atoms in total. The number of nitrogens with two attached hydrogens (primary N) is 1. The molecule has 0 unspecified atom stereocenters. The number of rotatable bonds is 3. The Morgan fingerprint density at radius 1 is 1.44 bits per heavy atom. The molecule has 1 rings (SSSR count). The Hall–Kier alpha value is -2.30. The van der Waals surface area contributed by atoms with Crippen molar-refractivity contribution in [3.8, 4) is 5.75 Å². The van der Waals surface area contributed by atoms with Crippen molar-refractivity contribution in [2.24, 2.45) is 5.73 Å². The first-order valence-electron chi connectivity index (χ1n) is 4.57. The summed E-state index contributed by atoms with van der Waals surface area (Å²) in [7, 11) is 0. The number of hydrogen-bond acceptors (Lipinski definition) is 3. The molecule has 0 saturated heterocycles. The molecule has 16 heavy (non-hydrogen) atoms. The smallest absolute Gasteiger partial charge is 0.241 e. The number of phenols is 1. The van der Waals surface area contributed by atoms with Gasteiger partial charge in [-0.25, -0.2) is 0 Å². The van der Waals surface area contributed by atoms with Crippen LogP contribution in [0.1, 0.15) is 12.5 Å². The second-order valence-electron chi connectivity index (χ2n) is 3.19. The summed E-state index contributed by atoms with van der Waals surface area (Å²) < 4.78 is 0. The van der Waals surface area contributed by atoms with Crippen molar-refractivity contribution in [2.75, 3.05) is 5.32 Å². The lowest BCUT2D eigenvalue weighted by Crippen LogP contribution is -2.08. The van der Waals surface area contributed by atoms with Gasteiger partial charge in [-0.1, -0.05) is 0 Å². The van der Waals surface area contributed by atoms with E-state index in [9.17, 15) is 14.7 Å². The van der Waals surface area contributed by atoms with Gasteiger partial charge in [0.25, 0.3) is 0 Å². The van der Waals surface area contributed by atoms with E-state index in [0.717, 1.165) is 6.08 Å². The lowest BCUT2D eigenvalue weighted by Gasteiger charge is -2.06. The first-order chi connectivity index (χ1) is 7.49. The van der Waals surface area contributed by atoms with Crippen molar-refractivity contribution < 1.29 is 14.7 Å². The van der Waals surface area contributed by atoms with E-state index in [2.05, 4.69) is 5.32 Å². The minimum Gasteiger partial charge on any atom is -0.508 e. The number of nitrogens with one attached hydrogen (secondary N) is 1. The number of primary amides is 1. The van der Waals surface area contributed by atoms with Crippen LogP contribution in [0.4, 0.5) is 5.69 Å². The second-order valence-corrected chi connectivity index (χ2v) is 3.19. The number of benzene rings is 1. The normalized spacial score (nSPS) is 10.3. The molecule has 2 amide bonds. The summed E-state index contributed by atoms with van der Waals surface area (Å²) in [5.41, 5.74) is 5.97. The van der Waals surface area contributed by atoms with Crippen LogP contribution in [0.2, 0.25) is 0 Å². The quantitative estimate of drug-likeness (QED) is 0.520. The minimum absolute atomic E-state index is 0.0400. The third-order valence-corrected chi connectivity index (χ3v) is 1.77. The summed E-state index contributed by atoms with van der Waals surface area (Å²) in [5, 5.41) is 11.8. The monoisotopic (exact) mass is 220 g/mol. The van der Waals surface area contributed by atoms with Gasteiger partial charge >= 0.3 is 0 Å². The Balaban J connectivity index is 3.07. The zero-order chi connectivity index (χ0) is 12.1. The Morgan fingerprint density at radius 3 is 2.69 bits per heavy atom. The molecule has 0 fully saturated rings. The number of aromatic hydroxyl groups is 1. The molecule has 0 spiro atoms. The molecule has 0 radical (unpaired) electrons. The number of phenolic OH excluding ortho intramolecular Hbond substituents is 1. The van der Waals surface area contributed by atoms with Gasteiger partial charge in [0.2, 0.25) is 11.8 Å². The molecule has 84 valence electrons. The third-order valence-electron chi connectivity index (χ3n) is 1.77. The van der Waals surface area contributed by atoms with Crippen molar-refractivity contribution >= 4 is 23.6 Å². The van der Waals surface area contributed by atoms with Gasteiger partial charge in [0.1, 0.15) is 5.75 Å². The molecule has 4 N–H and O–H groups in total. The molecule has 0 aliphatic rings. The highest BCUT2D eigenvalue weighted by Gasteiger charge is 2.02. The molecule has 0 atom stereocenters. The number of carbonyl (C=O) groups excluding carboxylic acids is 2. The van der Waals surface area contributed by atoms with Crippen LogP contribution in [0.5, 0.6) is 5.75 Å². The molecule has 0 aliphatic carbocycles. The van der Waals surface area contributed by atoms with Gasteiger partial charge < -0.3 is 16.2 Å². The van der Waals surface area contributed by atoms with Gasteiger partial charge in [-0.2, -0.15) is 0 Å². The summed E-state index contributed by atoms with van der Waals surface area (Å²) >= 11 is 0. The second kappa shape index (κ2) is 4.97. The van der Waals surface area contributed by atoms with Crippen molar-refractivity contribution in [2.45, 2.75) is 6.92 Å². The lowest BCUT2D eigenvalue weighted by molar-refractivity contribution is -0.114. The third kappa shape index (κ3) is 3.45. The van der Waals surface area contributed by atoms with E-state index in [-0.39, 0.29) is 11.7 Å². The van der Waals surface area contributed by atoms with Gasteiger partial charge in [0.05, 0.1) is 0 Å². The minimum atomic E-state index is -0.600. The molecule has 1 aromatic carbocycles. The molecule has 5 heteroatoms. The zero-order valence-electron chi connectivity index (χ0n) is 8.73. The lowest BCUT2D eigenvalue weighted by atomic mass is 10.1. The van der Waals surface area contributed by atoms with Gasteiger partial charge in [0.15, 0.2) is 0 Å². The van der Waals surface area contributed by atoms with Crippen LogP contribution in [0, 0.1) is 0 Å². The van der Waals surface area contributed by atoms with Crippen LogP contribution in [-0.2, 0) is 9.59 Å². The van der Waals surface area contributed by atoms with Crippen molar-refractivity contribution in [1.29, 1.82) is 0 Å². The van der Waals surface area contributed by atoms with Crippen LogP contribution >= 0.6 is 0 Å². The highest BCUT2D eigenvalue weighted by atomic mass is 16.3. The highest BCUT2D eigenvalue weighted by Crippen LogP contribution is 2.22. The SMILES string of the molecule is CC(=O)Nc1ccc(O)cc1C=CC(N)=O. The Labute approximate surface area is 92.6 Å². The van der Waals surface area contributed by atoms with Gasteiger partial charge in [-0.15, -0.1) is 0 Å². The average Bonchev–Trinajstić information content (AvgIpc) is 2.17. The van der Waals surface area contributed by atoms with Crippen molar-refractivity contribution in [3.63, 3.8) is 0 Å². The molecule has 1 aromatic rings. The molecular weight excluding hydrogens is 208 g/mol. The summed E-state index contributed by atoms with van der Waals surface area (Å²) in [6.07, 6.45) is 2.58. The topological polar surface area (TPSA) is 92.4 Å². The molecule has 0 aliphatic heterocycles. The van der Waals surface area contributed by atoms with Crippen LogP contribution in [0.3, 0.4) is 0 Å². The standard InChI is InChI=1S/C11H12N2O3/c1-7(14)13-10-4-3-9(15)6-8(10)2-5-11(12)16/h2-6,15H,1H3,(H2,12,16)(H,13,14). The highest BCUT2D eigenvalue weighted by molar-refractivity contribution is 5.94. The Bertz CT molecular complexity index is 453. The molecule has 0 aromatic heterocycles. The first-order valence-corrected chi connectivity index (χ1v) is 4.57. The van der Waals surface area contributed by atoms with E-state index < -0.39 is 5.91 Å². The number of hydrogen-bond donors (Lipinski definition) is 3. The van der Waals surface area contributed by atoms with E-state index in [0.29, 0.717) is 11.3 Å². The Morgan fingerprint density at radius 2 is 2.12 bits per heavy atom. The molecule has 0 heterocycles. The summed E-state index contributed by atoms with van der Waals surface area (Å²) in [6.45, 7) is 1.37. The van der Waals surface area contributed by atoms with E-state index in [4.69, 9.17) is 5.73 Å². The maximum absolute atomic E-state index is 10.9. The summed E-state index contributed by atoms with van der Waals surface area (Å²) in [6, 6.07) is 4.40. The number of anilines is 1. The summed E-state index contributed by atoms with van der Waals surface area (Å²) in [4.78, 5) is 21.5. The van der Waals surface area contributed by atoms with Crippen LogP contribution in [0.25, 0.3) is 6.08 Å².